The molecule has 6 nitrogen and oxygen atoms in total. The first-order valence-corrected chi connectivity index (χ1v) is 8.18. The Morgan fingerprint density at radius 1 is 1.45 bits per heavy atom. The Bertz CT molecular complexity index is 375. The van der Waals surface area contributed by atoms with Gasteiger partial charge in [-0.2, -0.15) is 0 Å². The van der Waals surface area contributed by atoms with E-state index in [1.807, 2.05) is 25.7 Å². The third-order valence-corrected chi connectivity index (χ3v) is 4.33. The van der Waals surface area contributed by atoms with Gasteiger partial charge in [0, 0.05) is 45.8 Å². The van der Waals surface area contributed by atoms with E-state index < -0.39 is 5.60 Å². The van der Waals surface area contributed by atoms with Crippen molar-refractivity contribution in [3.8, 4) is 0 Å². The number of amides is 1. The first kappa shape index (κ1) is 17.5. The van der Waals surface area contributed by atoms with E-state index in [0.29, 0.717) is 6.61 Å². The lowest BCUT2D eigenvalue weighted by molar-refractivity contribution is -0.0167. The number of nitrogens with zero attached hydrogens (tertiary/aromatic N) is 1. The monoisotopic (exact) mass is 314 g/mol. The van der Waals surface area contributed by atoms with E-state index in [0.717, 1.165) is 45.5 Å². The maximum atomic E-state index is 12.2. The summed E-state index contributed by atoms with van der Waals surface area (Å²) in [5.41, 5.74) is -0.658. The Hall–Kier alpha value is -0.850. The van der Waals surface area contributed by atoms with Gasteiger partial charge in [0.2, 0.25) is 0 Å². The molecule has 0 spiro atoms. The summed E-state index contributed by atoms with van der Waals surface area (Å²) in [4.78, 5) is 14.1. The van der Waals surface area contributed by atoms with Gasteiger partial charge in [-0.1, -0.05) is 0 Å². The number of hydrogen-bond acceptors (Lipinski definition) is 5. The number of hydrogen-bond donors (Lipinski definition) is 1. The molecule has 1 amide bonds. The molecular weight excluding hydrogens is 284 g/mol. The molecule has 128 valence electrons. The smallest absolute Gasteiger partial charge is 0.410 e. The molecule has 0 aliphatic carbocycles. The minimum Gasteiger partial charge on any atom is -0.444 e. The van der Waals surface area contributed by atoms with Gasteiger partial charge < -0.3 is 24.4 Å². The van der Waals surface area contributed by atoms with Crippen LogP contribution in [0.5, 0.6) is 0 Å². The molecule has 2 saturated heterocycles. The highest BCUT2D eigenvalue weighted by molar-refractivity contribution is 5.69. The van der Waals surface area contributed by atoms with Crippen molar-refractivity contribution in [2.24, 2.45) is 0 Å². The van der Waals surface area contributed by atoms with Crippen molar-refractivity contribution in [1.82, 2.24) is 10.2 Å². The highest BCUT2D eigenvalue weighted by Crippen LogP contribution is 2.23. The minimum atomic E-state index is -0.445. The average Bonchev–Trinajstić information content (AvgIpc) is 3.06. The molecule has 22 heavy (non-hydrogen) atoms. The molecule has 1 N–H and O–H groups in total. The van der Waals surface area contributed by atoms with Crippen LogP contribution < -0.4 is 5.32 Å². The molecule has 2 atom stereocenters. The molecule has 2 aliphatic heterocycles. The van der Waals surface area contributed by atoms with Crippen LogP contribution in [0.1, 0.15) is 40.0 Å². The van der Waals surface area contributed by atoms with Crippen molar-refractivity contribution in [3.05, 3.63) is 0 Å². The summed E-state index contributed by atoms with van der Waals surface area (Å²) in [6.45, 7) is 9.39. The van der Waals surface area contributed by atoms with Crippen LogP contribution in [0.25, 0.3) is 0 Å². The zero-order valence-electron chi connectivity index (χ0n) is 14.3. The van der Waals surface area contributed by atoms with Crippen molar-refractivity contribution in [2.75, 3.05) is 40.0 Å². The summed E-state index contributed by atoms with van der Waals surface area (Å²) in [5, 5.41) is 3.45. The van der Waals surface area contributed by atoms with Gasteiger partial charge in [0.05, 0.1) is 6.61 Å². The molecular formula is C16H30N2O4. The second kappa shape index (κ2) is 7.15. The zero-order valence-corrected chi connectivity index (χ0v) is 14.3. The molecule has 2 rings (SSSR count). The number of methoxy groups -OCH3 is 1. The fourth-order valence-electron chi connectivity index (χ4n) is 3.04. The zero-order chi connectivity index (χ0) is 16.2. The maximum absolute atomic E-state index is 12.2. The van der Waals surface area contributed by atoms with Crippen molar-refractivity contribution in [1.29, 1.82) is 0 Å². The molecule has 0 aromatic carbocycles. The van der Waals surface area contributed by atoms with Crippen LogP contribution in [0.2, 0.25) is 0 Å². The Balaban J connectivity index is 1.80. The summed E-state index contributed by atoms with van der Waals surface area (Å²) >= 11 is 0. The Labute approximate surface area is 133 Å². The van der Waals surface area contributed by atoms with E-state index in [1.165, 1.54) is 0 Å². The number of carbonyl (C=O) groups excluding carboxylic acids is 1. The third-order valence-electron chi connectivity index (χ3n) is 4.33. The van der Waals surface area contributed by atoms with Gasteiger partial charge in [0.25, 0.3) is 0 Å². The van der Waals surface area contributed by atoms with Gasteiger partial charge in [-0.25, -0.2) is 4.79 Å². The normalized spacial score (nSPS) is 29.1. The highest BCUT2D eigenvalue weighted by atomic mass is 16.6. The Kier molecular flexibility index (Phi) is 5.69. The molecule has 0 bridgehead atoms. The van der Waals surface area contributed by atoms with Gasteiger partial charge >= 0.3 is 6.09 Å². The minimum absolute atomic E-state index is 0.200. The van der Waals surface area contributed by atoms with E-state index in [2.05, 4.69) is 5.32 Å². The molecule has 0 aromatic heterocycles. The molecule has 6 heteroatoms. The van der Waals surface area contributed by atoms with E-state index in [4.69, 9.17) is 14.2 Å². The van der Waals surface area contributed by atoms with Crippen molar-refractivity contribution < 1.29 is 19.0 Å². The van der Waals surface area contributed by atoms with E-state index in [9.17, 15) is 4.79 Å². The Morgan fingerprint density at radius 3 is 2.82 bits per heavy atom. The van der Waals surface area contributed by atoms with Gasteiger partial charge in [-0.3, -0.25) is 0 Å². The molecule has 0 aromatic rings. The topological polar surface area (TPSA) is 60.0 Å². The second-order valence-electron chi connectivity index (χ2n) is 7.29. The number of nitrogens with one attached hydrogen (secondary N) is 1. The Morgan fingerprint density at radius 2 is 2.23 bits per heavy atom. The first-order valence-electron chi connectivity index (χ1n) is 8.18. The van der Waals surface area contributed by atoms with Gasteiger partial charge in [0.1, 0.15) is 11.2 Å². The van der Waals surface area contributed by atoms with Crippen LogP contribution in [0.15, 0.2) is 0 Å². The standard InChI is InChI=1S/C16H30N2O4/c1-15(2,3)22-14(19)18-8-5-6-13(18)10-17-11-16(20-4)7-9-21-12-16/h13,17H,5-12H2,1-4H3. The van der Waals surface area contributed by atoms with E-state index in [1.54, 1.807) is 7.11 Å². The lowest BCUT2D eigenvalue weighted by Crippen LogP contribution is -2.48. The van der Waals surface area contributed by atoms with Crippen LogP contribution in [0, 0.1) is 0 Å². The van der Waals surface area contributed by atoms with Gasteiger partial charge in [0.15, 0.2) is 0 Å². The van der Waals surface area contributed by atoms with Crippen LogP contribution in [0.4, 0.5) is 4.79 Å². The lowest BCUT2D eigenvalue weighted by atomic mass is 10.0. The lowest BCUT2D eigenvalue weighted by Gasteiger charge is -2.30. The summed E-state index contributed by atoms with van der Waals surface area (Å²) in [6.07, 6.45) is 2.76. The molecule has 2 unspecified atom stereocenters. The predicted octanol–water partition coefficient (Wildman–Crippen LogP) is 1.78. The number of rotatable bonds is 5. The van der Waals surface area contributed by atoms with Crippen molar-refractivity contribution in [3.63, 3.8) is 0 Å². The van der Waals surface area contributed by atoms with Crippen LogP contribution in [0.3, 0.4) is 0 Å². The van der Waals surface area contributed by atoms with Gasteiger partial charge in [-0.05, 0) is 33.6 Å². The maximum Gasteiger partial charge on any atom is 0.410 e. The van der Waals surface area contributed by atoms with Crippen molar-refractivity contribution in [2.45, 2.75) is 57.3 Å². The summed E-state index contributed by atoms with van der Waals surface area (Å²) < 4.78 is 16.5. The highest BCUT2D eigenvalue weighted by Gasteiger charge is 2.36. The second-order valence-corrected chi connectivity index (χ2v) is 7.29. The molecule has 2 fully saturated rings. The molecule has 0 saturated carbocycles. The number of ether oxygens (including phenoxy) is 3. The number of carbonyl (C=O) groups is 1. The van der Waals surface area contributed by atoms with Crippen LogP contribution >= 0.6 is 0 Å². The average molecular weight is 314 g/mol. The molecule has 0 radical (unpaired) electrons. The largest absolute Gasteiger partial charge is 0.444 e. The summed E-state index contributed by atoms with van der Waals surface area (Å²) in [5.74, 6) is 0. The quantitative estimate of drug-likeness (QED) is 0.838. The SMILES string of the molecule is COC1(CNCC2CCCN2C(=O)OC(C)(C)C)CCOC1. The molecule has 2 heterocycles. The van der Waals surface area contributed by atoms with E-state index >= 15 is 0 Å². The summed E-state index contributed by atoms with van der Waals surface area (Å²) in [7, 11) is 1.74. The number of likely N-dealkylation sites (tertiary alicyclic amines) is 1. The fourth-order valence-corrected chi connectivity index (χ4v) is 3.04. The molecule has 2 aliphatic rings. The third kappa shape index (κ3) is 4.57. The summed E-state index contributed by atoms with van der Waals surface area (Å²) in [6, 6.07) is 0.200. The predicted molar refractivity (Wildman–Crippen MR) is 84.0 cm³/mol. The van der Waals surface area contributed by atoms with E-state index in [-0.39, 0.29) is 17.7 Å². The van der Waals surface area contributed by atoms with Crippen LogP contribution in [-0.4, -0.2) is 68.2 Å². The first-order chi connectivity index (χ1) is 10.4. The van der Waals surface area contributed by atoms with Gasteiger partial charge in [-0.15, -0.1) is 0 Å². The van der Waals surface area contributed by atoms with Crippen molar-refractivity contribution >= 4 is 6.09 Å². The van der Waals surface area contributed by atoms with Crippen LogP contribution in [-0.2, 0) is 14.2 Å². The fraction of sp³-hybridized carbons (Fsp3) is 0.938.